The van der Waals surface area contributed by atoms with Crippen LogP contribution in [0.15, 0.2) is 0 Å². The Balaban J connectivity index is 1.45. The molecule has 4 aliphatic rings. The van der Waals surface area contributed by atoms with Gasteiger partial charge >= 0.3 is 5.97 Å². The summed E-state index contributed by atoms with van der Waals surface area (Å²) >= 11 is 1.66. The fourth-order valence-electron chi connectivity index (χ4n) is 7.63. The van der Waals surface area contributed by atoms with E-state index in [1.807, 2.05) is 0 Å². The molecule has 4 nitrogen and oxygen atoms in total. The van der Waals surface area contributed by atoms with Crippen LogP contribution in [0.3, 0.4) is 0 Å². The maximum absolute atomic E-state index is 11.6. The summed E-state index contributed by atoms with van der Waals surface area (Å²) in [4.78, 5) is 13.1. The predicted molar refractivity (Wildman–Crippen MR) is 101 cm³/mol. The van der Waals surface area contributed by atoms with Crippen LogP contribution >= 0.6 is 11.5 Å². The fourth-order valence-corrected chi connectivity index (χ4v) is 8.62. The van der Waals surface area contributed by atoms with Gasteiger partial charge in [-0.1, -0.05) is 18.3 Å². The van der Waals surface area contributed by atoms with Crippen LogP contribution in [-0.4, -0.2) is 21.7 Å². The average Bonchev–Trinajstić information content (AvgIpc) is 3.19. The lowest BCUT2D eigenvalue weighted by Gasteiger charge is -2.59. The van der Waals surface area contributed by atoms with Crippen molar-refractivity contribution < 1.29 is 9.53 Å². The number of nitrogens with zero attached hydrogens (tertiary/aromatic N) is 2. The standard InChI is InChI=1S/C21H30N2O2S/c1-12(24)25-18-7-6-14-13-4-5-16-19-17(22-23-26-19)9-11-20(16,2)15(13)8-10-21(14,18)3/h13-16,18H,4-11H2,1-3H3/t13-,14-,15-,16-,18-,20+,21-/m0/s1. The molecular weight excluding hydrogens is 344 g/mol. The molecule has 0 radical (unpaired) electrons. The summed E-state index contributed by atoms with van der Waals surface area (Å²) in [6.07, 6.45) is 9.95. The van der Waals surface area contributed by atoms with Gasteiger partial charge in [0.2, 0.25) is 0 Å². The van der Waals surface area contributed by atoms with E-state index < -0.39 is 0 Å². The summed E-state index contributed by atoms with van der Waals surface area (Å²) in [5, 5.41) is 4.40. The lowest BCUT2D eigenvalue weighted by molar-refractivity contribution is -0.158. The van der Waals surface area contributed by atoms with Crippen molar-refractivity contribution in [1.29, 1.82) is 0 Å². The first kappa shape index (κ1) is 17.2. The highest BCUT2D eigenvalue weighted by molar-refractivity contribution is 7.05. The van der Waals surface area contributed by atoms with Crippen molar-refractivity contribution in [3.05, 3.63) is 10.6 Å². The number of aryl methyl sites for hydroxylation is 1. The molecule has 1 aromatic rings. The lowest BCUT2D eigenvalue weighted by atomic mass is 9.45. The van der Waals surface area contributed by atoms with Crippen molar-refractivity contribution in [1.82, 2.24) is 9.59 Å². The van der Waals surface area contributed by atoms with Crippen LogP contribution < -0.4 is 0 Å². The fraction of sp³-hybridized carbons (Fsp3) is 0.857. The van der Waals surface area contributed by atoms with E-state index in [1.165, 1.54) is 49.1 Å². The molecule has 7 atom stereocenters. The number of hydrogen-bond donors (Lipinski definition) is 0. The number of aromatic nitrogens is 2. The van der Waals surface area contributed by atoms with Gasteiger partial charge in [0.05, 0.1) is 10.6 Å². The highest BCUT2D eigenvalue weighted by Crippen LogP contribution is 2.67. The van der Waals surface area contributed by atoms with Crippen molar-refractivity contribution in [2.75, 3.05) is 0 Å². The number of rotatable bonds is 1. The highest BCUT2D eigenvalue weighted by Gasteiger charge is 2.61. The summed E-state index contributed by atoms with van der Waals surface area (Å²) in [5.41, 5.74) is 1.89. The number of carbonyl (C=O) groups is 1. The Bertz CT molecular complexity index is 733. The minimum Gasteiger partial charge on any atom is -0.462 e. The van der Waals surface area contributed by atoms with Gasteiger partial charge in [-0.25, -0.2) is 0 Å². The highest BCUT2D eigenvalue weighted by atomic mass is 32.1. The molecule has 142 valence electrons. The molecule has 0 N–H and O–H groups in total. The van der Waals surface area contributed by atoms with Crippen LogP contribution in [0.25, 0.3) is 0 Å². The molecule has 1 heterocycles. The lowest BCUT2D eigenvalue weighted by Crippen LogP contribution is -2.53. The Morgan fingerprint density at radius 1 is 1.08 bits per heavy atom. The van der Waals surface area contributed by atoms with Crippen molar-refractivity contribution in [3.8, 4) is 0 Å². The molecule has 4 aliphatic carbocycles. The zero-order valence-corrected chi connectivity index (χ0v) is 17.0. The molecule has 5 heteroatoms. The van der Waals surface area contributed by atoms with Crippen molar-refractivity contribution in [3.63, 3.8) is 0 Å². The molecule has 0 unspecified atom stereocenters. The number of hydrogen-bond acceptors (Lipinski definition) is 5. The monoisotopic (exact) mass is 374 g/mol. The maximum Gasteiger partial charge on any atom is 0.302 e. The number of ether oxygens (including phenoxy) is 1. The molecule has 0 saturated heterocycles. The number of esters is 1. The van der Waals surface area contributed by atoms with Crippen molar-refractivity contribution >= 4 is 17.5 Å². The zero-order chi connectivity index (χ0) is 18.1. The minimum atomic E-state index is -0.104. The van der Waals surface area contributed by atoms with Crippen LogP contribution in [0, 0.1) is 28.6 Å². The Morgan fingerprint density at radius 3 is 2.69 bits per heavy atom. The molecular formula is C21H30N2O2S. The van der Waals surface area contributed by atoms with Crippen LogP contribution in [0.1, 0.15) is 82.2 Å². The topological polar surface area (TPSA) is 52.1 Å². The largest absolute Gasteiger partial charge is 0.462 e. The molecule has 0 aromatic carbocycles. The first-order valence-corrected chi connectivity index (χ1v) is 11.2. The third-order valence-electron chi connectivity index (χ3n) is 8.89. The molecule has 26 heavy (non-hydrogen) atoms. The predicted octanol–water partition coefficient (Wildman–Crippen LogP) is 4.74. The molecule has 0 spiro atoms. The summed E-state index contributed by atoms with van der Waals surface area (Å²) in [7, 11) is 0. The van der Waals surface area contributed by atoms with Crippen LogP contribution in [-0.2, 0) is 16.0 Å². The quantitative estimate of drug-likeness (QED) is 0.666. The van der Waals surface area contributed by atoms with Gasteiger partial charge in [-0.05, 0) is 86.1 Å². The molecule has 1 aromatic heterocycles. The van der Waals surface area contributed by atoms with E-state index in [0.29, 0.717) is 11.3 Å². The molecule has 3 fully saturated rings. The second kappa shape index (κ2) is 5.76. The van der Waals surface area contributed by atoms with Gasteiger partial charge in [-0.2, -0.15) is 0 Å². The van der Waals surface area contributed by atoms with E-state index in [9.17, 15) is 4.79 Å². The second-order valence-electron chi connectivity index (χ2n) is 9.82. The third kappa shape index (κ3) is 2.22. The van der Waals surface area contributed by atoms with Crippen molar-refractivity contribution in [2.24, 2.45) is 28.6 Å². The van der Waals surface area contributed by atoms with E-state index in [4.69, 9.17) is 4.74 Å². The molecule has 0 aliphatic heterocycles. The van der Waals surface area contributed by atoms with Crippen LogP contribution in [0.2, 0.25) is 0 Å². The second-order valence-corrected chi connectivity index (χ2v) is 10.6. The Labute approximate surface area is 160 Å². The van der Waals surface area contributed by atoms with Gasteiger partial charge in [0.1, 0.15) is 6.10 Å². The Hall–Kier alpha value is -0.970. The first-order chi connectivity index (χ1) is 12.4. The minimum absolute atomic E-state index is 0.104. The summed E-state index contributed by atoms with van der Waals surface area (Å²) < 4.78 is 10.1. The smallest absolute Gasteiger partial charge is 0.302 e. The average molecular weight is 375 g/mol. The number of carbonyl (C=O) groups excluding carboxylic acids is 1. The molecule has 0 bridgehead atoms. The third-order valence-corrected chi connectivity index (χ3v) is 9.77. The van der Waals surface area contributed by atoms with E-state index in [1.54, 1.807) is 18.5 Å². The molecule has 3 saturated carbocycles. The normalized spacial score (nSPS) is 46.7. The first-order valence-electron chi connectivity index (χ1n) is 10.4. The Kier molecular flexibility index (Phi) is 3.80. The SMILES string of the molecule is CC(=O)O[C@H]1CC[C@H]2[C@@H]3CC[C@H]4c5snnc5CC[C@]4(C)[C@H]3CC[C@]12C. The van der Waals surface area contributed by atoms with Gasteiger partial charge in [0, 0.05) is 18.3 Å². The van der Waals surface area contributed by atoms with Gasteiger partial charge in [0.25, 0.3) is 0 Å². The summed E-state index contributed by atoms with van der Waals surface area (Å²) in [6, 6.07) is 0. The summed E-state index contributed by atoms with van der Waals surface area (Å²) in [5.74, 6) is 2.91. The van der Waals surface area contributed by atoms with Crippen LogP contribution in [0.5, 0.6) is 0 Å². The molecule has 5 rings (SSSR count). The van der Waals surface area contributed by atoms with Gasteiger partial charge in [-0.15, -0.1) is 5.10 Å². The van der Waals surface area contributed by atoms with E-state index in [-0.39, 0.29) is 17.5 Å². The molecule has 0 amide bonds. The van der Waals surface area contributed by atoms with E-state index in [0.717, 1.165) is 30.6 Å². The summed E-state index contributed by atoms with van der Waals surface area (Å²) in [6.45, 7) is 6.55. The number of fused-ring (bicyclic) bond motifs is 7. The van der Waals surface area contributed by atoms with Gasteiger partial charge in [-0.3, -0.25) is 4.79 Å². The van der Waals surface area contributed by atoms with Gasteiger partial charge in [0.15, 0.2) is 0 Å². The van der Waals surface area contributed by atoms with Crippen molar-refractivity contribution in [2.45, 2.75) is 84.2 Å². The van der Waals surface area contributed by atoms with E-state index >= 15 is 0 Å². The maximum atomic E-state index is 11.6. The zero-order valence-electron chi connectivity index (χ0n) is 16.2. The Morgan fingerprint density at radius 2 is 1.88 bits per heavy atom. The van der Waals surface area contributed by atoms with E-state index in [2.05, 4.69) is 23.4 Å². The van der Waals surface area contributed by atoms with Crippen LogP contribution in [0.4, 0.5) is 0 Å². The van der Waals surface area contributed by atoms with Gasteiger partial charge < -0.3 is 4.74 Å².